The van der Waals surface area contributed by atoms with Crippen LogP contribution in [0.15, 0.2) is 42.7 Å². The van der Waals surface area contributed by atoms with E-state index in [1.54, 1.807) is 24.4 Å². The maximum Gasteiger partial charge on any atom is 0.248 e. The van der Waals surface area contributed by atoms with Gasteiger partial charge >= 0.3 is 0 Å². The highest BCUT2D eigenvalue weighted by Gasteiger charge is 2.04. The second-order valence-corrected chi connectivity index (χ2v) is 4.20. The first-order valence-corrected chi connectivity index (χ1v) is 5.99. The monoisotopic (exact) mass is 256 g/mol. The second kappa shape index (κ2) is 5.86. The number of anilines is 2. The van der Waals surface area contributed by atoms with Crippen LogP contribution in [0.3, 0.4) is 0 Å². The van der Waals surface area contributed by atoms with Crippen LogP contribution in [0, 0.1) is 0 Å². The summed E-state index contributed by atoms with van der Waals surface area (Å²) in [7, 11) is 0. The fourth-order valence-electron chi connectivity index (χ4n) is 1.75. The van der Waals surface area contributed by atoms with E-state index in [2.05, 4.69) is 10.3 Å². The number of nitrogens with one attached hydrogen (secondary N) is 1. The number of amides is 1. The van der Waals surface area contributed by atoms with E-state index in [-0.39, 0.29) is 0 Å². The predicted molar refractivity (Wildman–Crippen MR) is 75.8 cm³/mol. The summed E-state index contributed by atoms with van der Waals surface area (Å²) in [6.45, 7) is 0.706. The summed E-state index contributed by atoms with van der Waals surface area (Å²) in [5.74, 6) is -0.463. The summed E-state index contributed by atoms with van der Waals surface area (Å²) in [5.41, 5.74) is 14.0. The Morgan fingerprint density at radius 1 is 1.32 bits per heavy atom. The number of aromatic nitrogens is 1. The maximum atomic E-state index is 11.1. The zero-order valence-electron chi connectivity index (χ0n) is 10.5. The van der Waals surface area contributed by atoms with Crippen LogP contribution in [0.25, 0.3) is 0 Å². The van der Waals surface area contributed by atoms with Gasteiger partial charge in [0.1, 0.15) is 0 Å². The van der Waals surface area contributed by atoms with Crippen LogP contribution in [-0.4, -0.2) is 17.4 Å². The van der Waals surface area contributed by atoms with Crippen LogP contribution >= 0.6 is 0 Å². The summed E-state index contributed by atoms with van der Waals surface area (Å²) in [5, 5.41) is 3.20. The molecule has 2 aromatic rings. The number of benzene rings is 1. The van der Waals surface area contributed by atoms with Crippen molar-refractivity contribution in [3.63, 3.8) is 0 Å². The van der Waals surface area contributed by atoms with Gasteiger partial charge in [-0.15, -0.1) is 0 Å². The summed E-state index contributed by atoms with van der Waals surface area (Å²) in [4.78, 5) is 15.2. The van der Waals surface area contributed by atoms with Gasteiger partial charge < -0.3 is 16.8 Å². The van der Waals surface area contributed by atoms with Crippen molar-refractivity contribution in [1.82, 2.24) is 4.98 Å². The molecule has 19 heavy (non-hydrogen) atoms. The molecule has 1 heterocycles. The third-order valence-corrected chi connectivity index (χ3v) is 2.79. The van der Waals surface area contributed by atoms with Gasteiger partial charge in [-0.1, -0.05) is 6.07 Å². The van der Waals surface area contributed by atoms with Gasteiger partial charge in [0.05, 0.1) is 11.4 Å². The molecule has 0 atom stereocenters. The number of carbonyl (C=O) groups excluding carboxylic acids is 1. The number of primary amides is 1. The van der Waals surface area contributed by atoms with Crippen molar-refractivity contribution in [1.29, 1.82) is 0 Å². The Balaban J connectivity index is 1.99. The van der Waals surface area contributed by atoms with Crippen LogP contribution in [0.5, 0.6) is 0 Å². The van der Waals surface area contributed by atoms with E-state index in [4.69, 9.17) is 11.5 Å². The van der Waals surface area contributed by atoms with Crippen molar-refractivity contribution >= 4 is 17.3 Å². The zero-order valence-corrected chi connectivity index (χ0v) is 10.5. The molecule has 1 aromatic heterocycles. The average Bonchev–Trinajstić information content (AvgIpc) is 2.42. The number of carbonyl (C=O) groups is 1. The first-order chi connectivity index (χ1) is 9.16. The number of pyridine rings is 1. The first-order valence-electron chi connectivity index (χ1n) is 5.99. The summed E-state index contributed by atoms with van der Waals surface area (Å²) >= 11 is 0. The van der Waals surface area contributed by atoms with Crippen LogP contribution in [0.2, 0.25) is 0 Å². The molecule has 0 unspecified atom stereocenters. The molecule has 0 saturated heterocycles. The van der Waals surface area contributed by atoms with Gasteiger partial charge in [0.2, 0.25) is 5.91 Å². The quantitative estimate of drug-likeness (QED) is 0.705. The van der Waals surface area contributed by atoms with Crippen molar-refractivity contribution in [2.75, 3.05) is 17.6 Å². The lowest BCUT2D eigenvalue weighted by Gasteiger charge is -2.10. The number of nitrogen functional groups attached to an aromatic ring is 1. The van der Waals surface area contributed by atoms with Crippen molar-refractivity contribution in [2.24, 2.45) is 5.73 Å². The highest BCUT2D eigenvalue weighted by atomic mass is 16.1. The number of hydrogen-bond acceptors (Lipinski definition) is 4. The normalized spacial score (nSPS) is 10.1. The van der Waals surface area contributed by atoms with Crippen molar-refractivity contribution in [2.45, 2.75) is 6.42 Å². The molecule has 5 nitrogen and oxygen atoms in total. The van der Waals surface area contributed by atoms with E-state index in [1.807, 2.05) is 18.3 Å². The summed E-state index contributed by atoms with van der Waals surface area (Å²) in [6.07, 6.45) is 4.39. The fourth-order valence-corrected chi connectivity index (χ4v) is 1.75. The van der Waals surface area contributed by atoms with Gasteiger partial charge in [0.15, 0.2) is 0 Å². The molecule has 0 aliphatic rings. The van der Waals surface area contributed by atoms with Crippen molar-refractivity contribution in [3.05, 3.63) is 53.9 Å². The maximum absolute atomic E-state index is 11.1. The zero-order chi connectivity index (χ0) is 13.7. The number of hydrogen-bond donors (Lipinski definition) is 3. The lowest BCUT2D eigenvalue weighted by atomic mass is 10.1. The first kappa shape index (κ1) is 12.9. The minimum atomic E-state index is -0.463. The van der Waals surface area contributed by atoms with Gasteiger partial charge in [0, 0.05) is 24.5 Å². The second-order valence-electron chi connectivity index (χ2n) is 4.20. The van der Waals surface area contributed by atoms with E-state index in [9.17, 15) is 4.79 Å². The molecular formula is C14H16N4O. The molecule has 5 N–H and O–H groups in total. The Morgan fingerprint density at radius 2 is 2.16 bits per heavy atom. The molecule has 0 aliphatic carbocycles. The standard InChI is InChI=1S/C14H16N4O/c15-12-4-3-11(14(16)19)8-13(12)18-7-5-10-2-1-6-17-9-10/h1-4,6,8-9,18H,5,7,15H2,(H2,16,19). The topological polar surface area (TPSA) is 94.0 Å². The van der Waals surface area contributed by atoms with Gasteiger partial charge in [0.25, 0.3) is 0 Å². The molecule has 0 radical (unpaired) electrons. The Bertz CT molecular complexity index is 569. The lowest BCUT2D eigenvalue weighted by Crippen LogP contribution is -2.13. The third kappa shape index (κ3) is 3.45. The molecule has 0 saturated carbocycles. The summed E-state index contributed by atoms with van der Waals surface area (Å²) < 4.78 is 0. The lowest BCUT2D eigenvalue weighted by molar-refractivity contribution is 0.100. The average molecular weight is 256 g/mol. The van der Waals surface area contributed by atoms with Crippen molar-refractivity contribution in [3.8, 4) is 0 Å². The van der Waals surface area contributed by atoms with Gasteiger partial charge in [-0.25, -0.2) is 0 Å². The van der Waals surface area contributed by atoms with Gasteiger partial charge in [-0.2, -0.15) is 0 Å². The highest BCUT2D eigenvalue weighted by molar-refractivity contribution is 5.94. The third-order valence-electron chi connectivity index (χ3n) is 2.79. The molecule has 0 bridgehead atoms. The molecule has 1 aromatic carbocycles. The summed E-state index contributed by atoms with van der Waals surface area (Å²) in [6, 6.07) is 8.87. The Kier molecular flexibility index (Phi) is 3.97. The van der Waals surface area contributed by atoms with Crippen LogP contribution < -0.4 is 16.8 Å². The molecule has 2 rings (SSSR count). The minimum Gasteiger partial charge on any atom is -0.397 e. The van der Waals surface area contributed by atoms with Gasteiger partial charge in [-0.3, -0.25) is 9.78 Å². The number of rotatable bonds is 5. The SMILES string of the molecule is NC(=O)c1ccc(N)c(NCCc2cccnc2)c1. The van der Waals surface area contributed by atoms with E-state index < -0.39 is 5.91 Å². The van der Waals surface area contributed by atoms with Crippen LogP contribution in [0.4, 0.5) is 11.4 Å². The van der Waals surface area contributed by atoms with Crippen LogP contribution in [-0.2, 0) is 6.42 Å². The van der Waals surface area contributed by atoms with E-state index in [0.29, 0.717) is 17.8 Å². The molecule has 5 heteroatoms. The fraction of sp³-hybridized carbons (Fsp3) is 0.143. The van der Waals surface area contributed by atoms with E-state index in [0.717, 1.165) is 17.7 Å². The predicted octanol–water partition coefficient (Wildman–Crippen LogP) is 1.42. The molecule has 0 aliphatic heterocycles. The molecular weight excluding hydrogens is 240 g/mol. The smallest absolute Gasteiger partial charge is 0.248 e. The molecule has 98 valence electrons. The molecule has 0 fully saturated rings. The van der Waals surface area contributed by atoms with E-state index >= 15 is 0 Å². The largest absolute Gasteiger partial charge is 0.397 e. The minimum absolute atomic E-state index is 0.443. The number of nitrogens with two attached hydrogens (primary N) is 2. The van der Waals surface area contributed by atoms with Crippen LogP contribution in [0.1, 0.15) is 15.9 Å². The van der Waals surface area contributed by atoms with E-state index in [1.165, 1.54) is 0 Å². The Labute approximate surface area is 111 Å². The molecule has 0 spiro atoms. The highest BCUT2D eigenvalue weighted by Crippen LogP contribution is 2.19. The molecule has 1 amide bonds. The van der Waals surface area contributed by atoms with Crippen molar-refractivity contribution < 1.29 is 4.79 Å². The number of nitrogens with zero attached hydrogens (tertiary/aromatic N) is 1. The Morgan fingerprint density at radius 3 is 2.84 bits per heavy atom. The Hall–Kier alpha value is -2.56. The van der Waals surface area contributed by atoms with Gasteiger partial charge in [-0.05, 0) is 36.2 Å².